The van der Waals surface area contributed by atoms with Gasteiger partial charge in [-0.15, -0.1) is 0 Å². The van der Waals surface area contributed by atoms with Crippen molar-refractivity contribution in [2.45, 2.75) is 76.4 Å². The van der Waals surface area contributed by atoms with Gasteiger partial charge in [0.25, 0.3) is 0 Å². The SMILES string of the molecule is CN1c2cc(C(=O)O)ccc2C(C2CCCC2)C1B1OC(C)(C)C(C)(C)O1. The second-order valence-corrected chi connectivity index (χ2v) is 9.38. The Morgan fingerprint density at radius 2 is 1.74 bits per heavy atom. The van der Waals surface area contributed by atoms with Crippen molar-refractivity contribution >= 4 is 18.8 Å². The van der Waals surface area contributed by atoms with Gasteiger partial charge in [-0.1, -0.05) is 18.9 Å². The van der Waals surface area contributed by atoms with Crippen molar-refractivity contribution in [1.29, 1.82) is 0 Å². The third kappa shape index (κ3) is 2.88. The van der Waals surface area contributed by atoms with Gasteiger partial charge in [0.1, 0.15) is 0 Å². The summed E-state index contributed by atoms with van der Waals surface area (Å²) in [5, 5.41) is 9.43. The van der Waals surface area contributed by atoms with Gasteiger partial charge >= 0.3 is 13.1 Å². The molecular formula is C21H30BNO4. The molecular weight excluding hydrogens is 341 g/mol. The van der Waals surface area contributed by atoms with Gasteiger partial charge in [0.2, 0.25) is 0 Å². The number of carboxylic acid groups (broad SMARTS) is 1. The van der Waals surface area contributed by atoms with Crippen molar-refractivity contribution in [2.75, 3.05) is 11.9 Å². The number of carbonyl (C=O) groups is 1. The van der Waals surface area contributed by atoms with E-state index in [0.717, 1.165) is 5.69 Å². The number of hydrogen-bond acceptors (Lipinski definition) is 4. The minimum Gasteiger partial charge on any atom is -0.478 e. The van der Waals surface area contributed by atoms with Gasteiger partial charge in [0.05, 0.1) is 22.7 Å². The van der Waals surface area contributed by atoms with Gasteiger partial charge < -0.3 is 19.3 Å². The molecule has 3 aliphatic rings. The molecule has 2 heterocycles. The average molecular weight is 371 g/mol. The zero-order valence-corrected chi connectivity index (χ0v) is 17.0. The van der Waals surface area contributed by atoms with E-state index < -0.39 is 5.97 Å². The molecule has 1 N–H and O–H groups in total. The summed E-state index contributed by atoms with van der Waals surface area (Å²) in [6.45, 7) is 8.34. The maximum absolute atomic E-state index is 11.5. The number of fused-ring (bicyclic) bond motifs is 1. The predicted molar refractivity (Wildman–Crippen MR) is 106 cm³/mol. The molecule has 0 bridgehead atoms. The smallest absolute Gasteiger partial charge is 0.478 e. The molecule has 27 heavy (non-hydrogen) atoms. The summed E-state index contributed by atoms with van der Waals surface area (Å²) < 4.78 is 12.9. The molecule has 2 aliphatic heterocycles. The summed E-state index contributed by atoms with van der Waals surface area (Å²) in [6, 6.07) is 5.57. The molecule has 1 saturated carbocycles. The predicted octanol–water partition coefficient (Wildman–Crippen LogP) is 4.11. The summed E-state index contributed by atoms with van der Waals surface area (Å²) in [4.78, 5) is 13.7. The van der Waals surface area contributed by atoms with Crippen molar-refractivity contribution < 1.29 is 19.2 Å². The number of nitrogens with zero attached hydrogens (tertiary/aromatic N) is 1. The normalized spacial score (nSPS) is 29.4. The van der Waals surface area contributed by atoms with E-state index in [1.807, 2.05) is 12.1 Å². The molecule has 6 heteroatoms. The van der Waals surface area contributed by atoms with E-state index >= 15 is 0 Å². The van der Waals surface area contributed by atoms with E-state index in [1.54, 1.807) is 6.07 Å². The lowest BCUT2D eigenvalue weighted by molar-refractivity contribution is 0.00578. The summed E-state index contributed by atoms with van der Waals surface area (Å²) in [6.07, 6.45) is 4.97. The Kier molecular flexibility index (Phi) is 4.35. The van der Waals surface area contributed by atoms with E-state index in [9.17, 15) is 9.90 Å². The fourth-order valence-corrected chi connectivity index (χ4v) is 5.08. The van der Waals surface area contributed by atoms with Crippen LogP contribution in [0.5, 0.6) is 0 Å². The lowest BCUT2D eigenvalue weighted by Crippen LogP contribution is -2.48. The van der Waals surface area contributed by atoms with Crippen LogP contribution in [0.25, 0.3) is 0 Å². The summed E-state index contributed by atoms with van der Waals surface area (Å²) in [7, 11) is 1.72. The number of carboxylic acids is 1. The second kappa shape index (κ2) is 6.24. The van der Waals surface area contributed by atoms with Crippen molar-refractivity contribution in [3.05, 3.63) is 29.3 Å². The standard InChI is InChI=1S/C21H30BNO4/c1-20(2)21(3,4)27-22(26-20)18-17(13-8-6-7-9-13)15-11-10-14(19(24)25)12-16(15)23(18)5/h10-13,17-18H,6-9H2,1-5H3,(H,24,25). The Hall–Kier alpha value is -1.53. The number of anilines is 1. The van der Waals surface area contributed by atoms with Crippen LogP contribution in [0.1, 0.15) is 75.2 Å². The molecule has 0 amide bonds. The van der Waals surface area contributed by atoms with Crippen molar-refractivity contribution in [2.24, 2.45) is 5.92 Å². The molecule has 1 aliphatic carbocycles. The number of likely N-dealkylation sites (N-methyl/N-ethyl adjacent to an activating group) is 1. The largest absolute Gasteiger partial charge is 0.482 e. The highest BCUT2D eigenvalue weighted by atomic mass is 16.7. The van der Waals surface area contributed by atoms with Gasteiger partial charge in [-0.3, -0.25) is 0 Å². The molecule has 2 fully saturated rings. The van der Waals surface area contributed by atoms with Crippen LogP contribution in [0.3, 0.4) is 0 Å². The minimum absolute atomic E-state index is 0.0631. The molecule has 1 saturated heterocycles. The van der Waals surface area contributed by atoms with Gasteiger partial charge in [-0.05, 0) is 64.2 Å². The fourth-order valence-electron chi connectivity index (χ4n) is 5.08. The third-order valence-corrected chi connectivity index (χ3v) is 7.29. The molecule has 0 aromatic heterocycles. The number of rotatable bonds is 3. The molecule has 1 aromatic carbocycles. The molecule has 146 valence electrons. The topological polar surface area (TPSA) is 59.0 Å². The van der Waals surface area contributed by atoms with E-state index in [0.29, 0.717) is 17.4 Å². The first-order valence-electron chi connectivity index (χ1n) is 10.1. The van der Waals surface area contributed by atoms with Crippen LogP contribution in [0.15, 0.2) is 18.2 Å². The molecule has 5 nitrogen and oxygen atoms in total. The van der Waals surface area contributed by atoms with Crippen LogP contribution >= 0.6 is 0 Å². The maximum atomic E-state index is 11.5. The van der Waals surface area contributed by atoms with E-state index in [-0.39, 0.29) is 24.3 Å². The van der Waals surface area contributed by atoms with E-state index in [4.69, 9.17) is 9.31 Å². The highest BCUT2D eigenvalue weighted by molar-refractivity contribution is 6.49. The molecule has 0 spiro atoms. The Morgan fingerprint density at radius 3 is 2.30 bits per heavy atom. The number of hydrogen-bond donors (Lipinski definition) is 1. The molecule has 1 aromatic rings. The maximum Gasteiger partial charge on any atom is 0.482 e. The van der Waals surface area contributed by atoms with Crippen LogP contribution in [-0.4, -0.2) is 42.4 Å². The molecule has 0 radical (unpaired) electrons. The van der Waals surface area contributed by atoms with Gasteiger partial charge in [-0.25, -0.2) is 4.79 Å². The Labute approximate surface area is 162 Å². The van der Waals surface area contributed by atoms with Crippen LogP contribution in [0.2, 0.25) is 0 Å². The van der Waals surface area contributed by atoms with Crippen molar-refractivity contribution in [1.82, 2.24) is 0 Å². The Balaban J connectivity index is 1.75. The first-order chi connectivity index (χ1) is 12.6. The van der Waals surface area contributed by atoms with Crippen LogP contribution in [0, 0.1) is 5.92 Å². The first kappa shape index (κ1) is 18.8. The van der Waals surface area contributed by atoms with Gasteiger partial charge in [0, 0.05) is 18.7 Å². The van der Waals surface area contributed by atoms with E-state index in [2.05, 4.69) is 39.6 Å². The third-order valence-electron chi connectivity index (χ3n) is 7.29. The second-order valence-electron chi connectivity index (χ2n) is 9.38. The summed E-state index contributed by atoms with van der Waals surface area (Å²) >= 11 is 0. The highest BCUT2D eigenvalue weighted by Gasteiger charge is 2.59. The summed E-state index contributed by atoms with van der Waals surface area (Å²) in [5.41, 5.74) is 1.83. The summed E-state index contributed by atoms with van der Waals surface area (Å²) in [5.74, 6) is 0.0781. The van der Waals surface area contributed by atoms with Crippen molar-refractivity contribution in [3.8, 4) is 0 Å². The zero-order valence-electron chi connectivity index (χ0n) is 17.0. The van der Waals surface area contributed by atoms with Crippen LogP contribution in [-0.2, 0) is 9.31 Å². The molecule has 2 unspecified atom stereocenters. The van der Waals surface area contributed by atoms with Crippen molar-refractivity contribution in [3.63, 3.8) is 0 Å². The first-order valence-corrected chi connectivity index (χ1v) is 10.1. The van der Waals surface area contributed by atoms with E-state index in [1.165, 1.54) is 31.2 Å². The van der Waals surface area contributed by atoms with Gasteiger partial charge in [0.15, 0.2) is 0 Å². The molecule has 4 rings (SSSR count). The lowest BCUT2D eigenvalue weighted by Gasteiger charge is -2.32. The fraction of sp³-hybridized carbons (Fsp3) is 0.667. The lowest BCUT2D eigenvalue weighted by atomic mass is 9.66. The quantitative estimate of drug-likeness (QED) is 0.811. The number of benzene rings is 1. The number of aromatic carboxylic acids is 1. The van der Waals surface area contributed by atoms with Crippen LogP contribution < -0.4 is 4.90 Å². The average Bonchev–Trinajstić information content (AvgIpc) is 3.24. The Morgan fingerprint density at radius 1 is 1.15 bits per heavy atom. The van der Waals surface area contributed by atoms with Gasteiger partial charge in [-0.2, -0.15) is 0 Å². The highest BCUT2D eigenvalue weighted by Crippen LogP contribution is 2.52. The Bertz CT molecular complexity index is 741. The monoisotopic (exact) mass is 371 g/mol. The molecule has 2 atom stereocenters. The zero-order chi connectivity index (χ0) is 19.6. The van der Waals surface area contributed by atoms with Crippen LogP contribution in [0.4, 0.5) is 5.69 Å². The minimum atomic E-state index is -0.886.